The predicted octanol–water partition coefficient (Wildman–Crippen LogP) is 2.94. The Kier molecular flexibility index (Phi) is 5.30. The summed E-state index contributed by atoms with van der Waals surface area (Å²) in [7, 11) is 0. The molecular weight excluding hydrogens is 381 g/mol. The molecule has 0 aromatic heterocycles. The number of piperidine rings is 2. The highest BCUT2D eigenvalue weighted by Gasteiger charge is 2.55. The average Bonchev–Trinajstić information content (AvgIpc) is 3.34. The molecule has 5 nitrogen and oxygen atoms in total. The zero-order valence-corrected chi connectivity index (χ0v) is 17.7. The molecule has 4 saturated heterocycles. The Hall–Kier alpha value is -1.95. The van der Waals surface area contributed by atoms with E-state index in [9.17, 15) is 14.0 Å². The minimum atomic E-state index is -0.730. The smallest absolute Gasteiger partial charge is 0.235 e. The summed E-state index contributed by atoms with van der Waals surface area (Å²) in [5.41, 5.74) is 0.126. The molecule has 0 bridgehead atoms. The number of rotatable bonds is 3. The minimum absolute atomic E-state index is 0.133. The summed E-state index contributed by atoms with van der Waals surface area (Å²) in [6.45, 7) is 4.38. The van der Waals surface area contributed by atoms with Gasteiger partial charge in [0.25, 0.3) is 0 Å². The SMILES string of the molecule is O=C1CC[C@H]2C[C@@](C(=O)N3CCC(N4CCCCC4)CC3)(c3ccc(F)cc3)CN12. The number of carbonyl (C=O) groups excluding carboxylic acids is 2. The van der Waals surface area contributed by atoms with Gasteiger partial charge in [0.2, 0.25) is 11.8 Å². The van der Waals surface area contributed by atoms with E-state index in [-0.39, 0.29) is 23.7 Å². The molecule has 162 valence electrons. The van der Waals surface area contributed by atoms with E-state index in [4.69, 9.17) is 0 Å². The average molecular weight is 414 g/mol. The van der Waals surface area contributed by atoms with Gasteiger partial charge in [-0.1, -0.05) is 18.6 Å². The summed E-state index contributed by atoms with van der Waals surface area (Å²) in [4.78, 5) is 32.8. The third-order valence-corrected chi connectivity index (χ3v) is 7.94. The van der Waals surface area contributed by atoms with Crippen molar-refractivity contribution in [3.05, 3.63) is 35.6 Å². The van der Waals surface area contributed by atoms with E-state index in [0.29, 0.717) is 25.4 Å². The molecule has 0 N–H and O–H groups in total. The highest BCUT2D eigenvalue weighted by atomic mass is 19.1. The van der Waals surface area contributed by atoms with Crippen LogP contribution in [0.2, 0.25) is 0 Å². The van der Waals surface area contributed by atoms with Gasteiger partial charge in [-0.05, 0) is 69.3 Å². The van der Waals surface area contributed by atoms with Gasteiger partial charge in [0, 0.05) is 38.1 Å². The fourth-order valence-electron chi connectivity index (χ4n) is 6.26. The van der Waals surface area contributed by atoms with Gasteiger partial charge in [0.05, 0.1) is 5.41 Å². The van der Waals surface area contributed by atoms with Crippen molar-refractivity contribution in [3.63, 3.8) is 0 Å². The summed E-state index contributed by atoms with van der Waals surface area (Å²) in [5, 5.41) is 0. The van der Waals surface area contributed by atoms with E-state index in [1.54, 1.807) is 12.1 Å². The molecule has 4 aliphatic heterocycles. The first-order valence-electron chi connectivity index (χ1n) is 11.7. The van der Waals surface area contributed by atoms with Crippen molar-refractivity contribution >= 4 is 11.8 Å². The van der Waals surface area contributed by atoms with Crippen molar-refractivity contribution in [1.29, 1.82) is 0 Å². The van der Waals surface area contributed by atoms with Crippen LogP contribution < -0.4 is 0 Å². The van der Waals surface area contributed by atoms with Gasteiger partial charge in [-0.15, -0.1) is 0 Å². The quantitative estimate of drug-likeness (QED) is 0.765. The fourth-order valence-corrected chi connectivity index (χ4v) is 6.26. The number of hydrogen-bond donors (Lipinski definition) is 0. The van der Waals surface area contributed by atoms with Gasteiger partial charge < -0.3 is 14.7 Å². The van der Waals surface area contributed by atoms with Crippen LogP contribution in [-0.2, 0) is 15.0 Å². The Balaban J connectivity index is 1.35. The van der Waals surface area contributed by atoms with Gasteiger partial charge in [-0.2, -0.15) is 0 Å². The molecule has 0 saturated carbocycles. The number of nitrogens with zero attached hydrogens (tertiary/aromatic N) is 3. The molecular formula is C24H32FN3O2. The molecule has 1 aromatic rings. The van der Waals surface area contributed by atoms with Gasteiger partial charge in [-0.25, -0.2) is 4.39 Å². The van der Waals surface area contributed by atoms with Gasteiger partial charge in [-0.3, -0.25) is 9.59 Å². The molecule has 6 heteroatoms. The first-order valence-corrected chi connectivity index (χ1v) is 11.7. The van der Waals surface area contributed by atoms with E-state index in [1.807, 2.05) is 9.80 Å². The molecule has 1 aromatic carbocycles. The minimum Gasteiger partial charge on any atom is -0.342 e. The topological polar surface area (TPSA) is 43.9 Å². The van der Waals surface area contributed by atoms with Gasteiger partial charge >= 0.3 is 0 Å². The standard InChI is InChI=1S/C24H32FN3O2/c25-19-6-4-18(5-7-19)24(16-21-8-9-22(29)28(21)17-24)23(30)27-14-10-20(11-15-27)26-12-2-1-3-13-26/h4-7,20-21H,1-3,8-17H2/t21-,24-/m0/s1. The molecule has 0 unspecified atom stereocenters. The second-order valence-corrected chi connectivity index (χ2v) is 9.63. The van der Waals surface area contributed by atoms with E-state index in [2.05, 4.69) is 4.90 Å². The lowest BCUT2D eigenvalue weighted by atomic mass is 9.76. The Morgan fingerprint density at radius 3 is 2.30 bits per heavy atom. The fraction of sp³-hybridized carbons (Fsp3) is 0.667. The molecule has 4 heterocycles. The molecule has 0 radical (unpaired) electrons. The van der Waals surface area contributed by atoms with E-state index in [1.165, 1.54) is 44.5 Å². The second-order valence-electron chi connectivity index (χ2n) is 9.63. The number of fused-ring (bicyclic) bond motifs is 1. The van der Waals surface area contributed by atoms with Crippen molar-refractivity contribution in [2.45, 2.75) is 68.9 Å². The Morgan fingerprint density at radius 1 is 0.933 bits per heavy atom. The lowest BCUT2D eigenvalue weighted by Crippen LogP contribution is -2.54. The van der Waals surface area contributed by atoms with Crippen LogP contribution in [0.25, 0.3) is 0 Å². The van der Waals surface area contributed by atoms with Crippen molar-refractivity contribution in [1.82, 2.24) is 14.7 Å². The largest absolute Gasteiger partial charge is 0.342 e. The molecule has 5 rings (SSSR count). The van der Waals surface area contributed by atoms with Crippen molar-refractivity contribution < 1.29 is 14.0 Å². The summed E-state index contributed by atoms with van der Waals surface area (Å²) >= 11 is 0. The van der Waals surface area contributed by atoms with Crippen molar-refractivity contribution in [3.8, 4) is 0 Å². The van der Waals surface area contributed by atoms with Crippen LogP contribution in [0.15, 0.2) is 24.3 Å². The molecule has 0 aliphatic carbocycles. The lowest BCUT2D eigenvalue weighted by Gasteiger charge is -2.42. The molecule has 0 spiro atoms. The number of carbonyl (C=O) groups is 2. The van der Waals surface area contributed by atoms with E-state index in [0.717, 1.165) is 37.9 Å². The number of likely N-dealkylation sites (tertiary alicyclic amines) is 2. The normalized spacial score (nSPS) is 30.7. The number of amides is 2. The first kappa shape index (κ1) is 20.0. The Morgan fingerprint density at radius 2 is 1.63 bits per heavy atom. The lowest BCUT2D eigenvalue weighted by molar-refractivity contribution is -0.139. The Bertz CT molecular complexity index is 799. The highest BCUT2D eigenvalue weighted by Crippen LogP contribution is 2.44. The van der Waals surface area contributed by atoms with Crippen molar-refractivity contribution in [2.24, 2.45) is 0 Å². The molecule has 2 amide bonds. The van der Waals surface area contributed by atoms with Crippen molar-refractivity contribution in [2.75, 3.05) is 32.7 Å². The summed E-state index contributed by atoms with van der Waals surface area (Å²) in [6, 6.07) is 7.11. The summed E-state index contributed by atoms with van der Waals surface area (Å²) in [6.07, 6.45) is 8.04. The van der Waals surface area contributed by atoms with Crippen LogP contribution in [0.3, 0.4) is 0 Å². The number of halogens is 1. The highest BCUT2D eigenvalue weighted by molar-refractivity contribution is 5.91. The van der Waals surface area contributed by atoms with Gasteiger partial charge in [0.1, 0.15) is 5.82 Å². The zero-order valence-electron chi connectivity index (χ0n) is 17.7. The van der Waals surface area contributed by atoms with Crippen LogP contribution in [0.4, 0.5) is 4.39 Å². The van der Waals surface area contributed by atoms with E-state index >= 15 is 0 Å². The molecule has 4 fully saturated rings. The third-order valence-electron chi connectivity index (χ3n) is 7.94. The van der Waals surface area contributed by atoms with Crippen LogP contribution in [0.5, 0.6) is 0 Å². The van der Waals surface area contributed by atoms with Crippen LogP contribution in [0, 0.1) is 5.82 Å². The Labute approximate surface area is 178 Å². The predicted molar refractivity (Wildman–Crippen MR) is 112 cm³/mol. The third kappa shape index (κ3) is 3.43. The monoisotopic (exact) mass is 413 g/mol. The summed E-state index contributed by atoms with van der Waals surface area (Å²) in [5.74, 6) is -0.00716. The van der Waals surface area contributed by atoms with Crippen LogP contribution >= 0.6 is 0 Å². The van der Waals surface area contributed by atoms with Crippen LogP contribution in [0.1, 0.15) is 56.9 Å². The molecule has 2 atom stereocenters. The maximum atomic E-state index is 13.9. The maximum Gasteiger partial charge on any atom is 0.235 e. The number of hydrogen-bond acceptors (Lipinski definition) is 3. The van der Waals surface area contributed by atoms with E-state index < -0.39 is 5.41 Å². The molecule has 30 heavy (non-hydrogen) atoms. The maximum absolute atomic E-state index is 13.9. The van der Waals surface area contributed by atoms with Gasteiger partial charge in [0.15, 0.2) is 0 Å². The first-order chi connectivity index (χ1) is 14.6. The number of benzene rings is 1. The zero-order chi connectivity index (χ0) is 20.7. The summed E-state index contributed by atoms with van der Waals surface area (Å²) < 4.78 is 13.6. The molecule has 4 aliphatic rings. The van der Waals surface area contributed by atoms with Crippen LogP contribution in [-0.4, -0.2) is 71.3 Å². The second kappa shape index (κ2) is 7.95.